The lowest BCUT2D eigenvalue weighted by atomic mass is 10.1. The maximum absolute atomic E-state index is 6.26. The zero-order valence-electron chi connectivity index (χ0n) is 17.5. The predicted octanol–water partition coefficient (Wildman–Crippen LogP) is 6.57. The third-order valence-electron chi connectivity index (χ3n) is 5.42. The van der Waals surface area contributed by atoms with Crippen molar-refractivity contribution < 1.29 is 14.2 Å². The minimum absolute atomic E-state index is 0.413. The predicted molar refractivity (Wildman–Crippen MR) is 128 cm³/mol. The summed E-state index contributed by atoms with van der Waals surface area (Å²) in [5.41, 5.74) is 1.97. The van der Waals surface area contributed by atoms with Gasteiger partial charge in [-0.1, -0.05) is 12.1 Å². The van der Waals surface area contributed by atoms with Gasteiger partial charge in [0.15, 0.2) is 11.5 Å². The van der Waals surface area contributed by atoms with Gasteiger partial charge >= 0.3 is 0 Å². The summed E-state index contributed by atoms with van der Waals surface area (Å²) in [7, 11) is 3.24. The van der Waals surface area contributed by atoms with Crippen molar-refractivity contribution in [2.24, 2.45) is 0 Å². The average molecular weight is 431 g/mol. The first-order valence-electron chi connectivity index (χ1n) is 9.99. The van der Waals surface area contributed by atoms with Crippen molar-refractivity contribution in [2.75, 3.05) is 19.1 Å². The van der Waals surface area contributed by atoms with Crippen molar-refractivity contribution in [1.82, 2.24) is 4.98 Å². The molecular weight excluding hydrogens is 408 g/mol. The van der Waals surface area contributed by atoms with Gasteiger partial charge in [-0.3, -0.25) is 4.98 Å². The molecule has 1 atom stereocenters. The molecule has 156 valence electrons. The summed E-state index contributed by atoms with van der Waals surface area (Å²) in [5, 5.41) is 5.71. The molecule has 31 heavy (non-hydrogen) atoms. The van der Waals surface area contributed by atoms with Gasteiger partial charge in [-0.15, -0.1) is 11.8 Å². The van der Waals surface area contributed by atoms with Crippen molar-refractivity contribution in [3.05, 3.63) is 72.4 Å². The van der Waals surface area contributed by atoms with Gasteiger partial charge in [-0.25, -0.2) is 0 Å². The summed E-state index contributed by atoms with van der Waals surface area (Å²) >= 11 is 1.82. The van der Waals surface area contributed by atoms with E-state index < -0.39 is 0 Å². The summed E-state index contributed by atoms with van der Waals surface area (Å²) in [6.07, 6.45) is 3.87. The second-order valence-electron chi connectivity index (χ2n) is 7.26. The quantitative estimate of drug-likeness (QED) is 0.357. The van der Waals surface area contributed by atoms with Crippen LogP contribution < -0.4 is 19.1 Å². The number of benzene rings is 3. The Bertz CT molecular complexity index is 1300. The van der Waals surface area contributed by atoms with E-state index in [1.165, 1.54) is 11.1 Å². The summed E-state index contributed by atoms with van der Waals surface area (Å²) in [5.74, 6) is 2.77. The zero-order valence-corrected chi connectivity index (χ0v) is 18.3. The number of hydrogen-bond donors (Lipinski definition) is 0. The third kappa shape index (κ3) is 3.64. The molecule has 1 aliphatic heterocycles. The number of nitrogens with zero attached hydrogens (tertiary/aromatic N) is 2. The van der Waals surface area contributed by atoms with Crippen LogP contribution in [0.25, 0.3) is 21.7 Å². The number of aromatic nitrogens is 1. The first-order valence-corrected chi connectivity index (χ1v) is 10.9. The number of rotatable bonds is 5. The van der Waals surface area contributed by atoms with Gasteiger partial charge in [-0.2, -0.15) is 0 Å². The van der Waals surface area contributed by atoms with E-state index in [0.29, 0.717) is 16.9 Å². The first kappa shape index (κ1) is 19.6. The van der Waals surface area contributed by atoms with Gasteiger partial charge in [0.1, 0.15) is 11.5 Å². The maximum atomic E-state index is 6.26. The van der Waals surface area contributed by atoms with Crippen molar-refractivity contribution in [2.45, 2.75) is 12.3 Å². The number of ether oxygens (including phenoxy) is 3. The number of fused-ring (bicyclic) bond motifs is 2. The van der Waals surface area contributed by atoms with Crippen molar-refractivity contribution in [3.63, 3.8) is 0 Å². The van der Waals surface area contributed by atoms with Crippen LogP contribution in [0.3, 0.4) is 0 Å². The van der Waals surface area contributed by atoms with E-state index in [9.17, 15) is 0 Å². The fourth-order valence-electron chi connectivity index (χ4n) is 3.80. The van der Waals surface area contributed by atoms with Gasteiger partial charge in [-0.05, 0) is 59.5 Å². The largest absolute Gasteiger partial charge is 0.493 e. The van der Waals surface area contributed by atoms with Crippen LogP contribution in [0, 0.1) is 0 Å². The van der Waals surface area contributed by atoms with Crippen molar-refractivity contribution in [1.29, 1.82) is 0 Å². The van der Waals surface area contributed by atoms with Crippen LogP contribution in [-0.2, 0) is 0 Å². The van der Waals surface area contributed by atoms with Crippen LogP contribution in [-0.4, -0.2) is 24.6 Å². The van der Waals surface area contributed by atoms with E-state index in [1.807, 2.05) is 36.0 Å². The topological polar surface area (TPSA) is 43.8 Å². The molecule has 0 spiro atoms. The molecule has 1 unspecified atom stereocenters. The number of methoxy groups -OCH3 is 2. The second kappa shape index (κ2) is 8.04. The Hall–Kier alpha value is -3.38. The zero-order chi connectivity index (χ0) is 21.4. The van der Waals surface area contributed by atoms with Crippen LogP contribution in [0.15, 0.2) is 72.4 Å². The van der Waals surface area contributed by atoms with Gasteiger partial charge in [0, 0.05) is 29.5 Å². The van der Waals surface area contributed by atoms with E-state index in [0.717, 1.165) is 27.8 Å². The van der Waals surface area contributed by atoms with Crippen LogP contribution in [0.2, 0.25) is 0 Å². The molecule has 2 heterocycles. The molecule has 0 saturated carbocycles. The van der Waals surface area contributed by atoms with E-state index in [1.54, 1.807) is 20.4 Å². The molecule has 6 heteroatoms. The molecule has 5 rings (SSSR count). The number of hydrogen-bond acceptors (Lipinski definition) is 6. The van der Waals surface area contributed by atoms with Gasteiger partial charge in [0.2, 0.25) is 0 Å². The summed E-state index contributed by atoms with van der Waals surface area (Å²) in [6, 6.07) is 18.3. The Morgan fingerprint density at radius 3 is 2.42 bits per heavy atom. The Morgan fingerprint density at radius 2 is 1.65 bits per heavy atom. The molecule has 1 aliphatic rings. The van der Waals surface area contributed by atoms with Crippen LogP contribution in [0.1, 0.15) is 6.92 Å². The fraction of sp³-hybridized carbons (Fsp3) is 0.160. The molecular formula is C25H22N2O3S. The molecule has 0 fully saturated rings. The summed E-state index contributed by atoms with van der Waals surface area (Å²) < 4.78 is 17.1. The minimum Gasteiger partial charge on any atom is -0.493 e. The molecule has 0 bridgehead atoms. The SMILES string of the molecule is COc1cc2nccc(Oc3ccc4cc(N5C=CSC5C)ccc4c3)c2cc1OC. The molecule has 3 aromatic carbocycles. The molecule has 0 radical (unpaired) electrons. The van der Waals surface area contributed by atoms with E-state index in [-0.39, 0.29) is 0 Å². The normalized spacial score (nSPS) is 15.6. The standard InChI is InChI=1S/C25H22N2O3S/c1-16-27(10-11-31-16)19-6-4-18-13-20(7-5-17(18)12-19)30-23-8-9-26-22-15-25(29-3)24(28-2)14-21(22)23/h4-16H,1-3H3. The Morgan fingerprint density at radius 1 is 0.871 bits per heavy atom. The molecule has 0 N–H and O–H groups in total. The van der Waals surface area contributed by atoms with E-state index in [4.69, 9.17) is 14.2 Å². The number of pyridine rings is 1. The lowest BCUT2D eigenvalue weighted by Gasteiger charge is -2.22. The third-order valence-corrected chi connectivity index (χ3v) is 6.32. The summed E-state index contributed by atoms with van der Waals surface area (Å²) in [6.45, 7) is 2.20. The number of anilines is 1. The van der Waals surface area contributed by atoms with Crippen LogP contribution >= 0.6 is 11.8 Å². The van der Waals surface area contributed by atoms with E-state index >= 15 is 0 Å². The summed E-state index contributed by atoms with van der Waals surface area (Å²) in [4.78, 5) is 6.72. The fourth-order valence-corrected chi connectivity index (χ4v) is 4.55. The molecule has 4 aromatic rings. The lowest BCUT2D eigenvalue weighted by Crippen LogP contribution is -2.20. The highest BCUT2D eigenvalue weighted by molar-refractivity contribution is 8.03. The van der Waals surface area contributed by atoms with Crippen molar-refractivity contribution >= 4 is 39.1 Å². The highest BCUT2D eigenvalue weighted by Crippen LogP contribution is 2.38. The van der Waals surface area contributed by atoms with Gasteiger partial charge < -0.3 is 19.1 Å². The Labute approximate surface area is 185 Å². The smallest absolute Gasteiger partial charge is 0.162 e. The monoisotopic (exact) mass is 430 g/mol. The highest BCUT2D eigenvalue weighted by atomic mass is 32.2. The molecule has 0 amide bonds. The van der Waals surface area contributed by atoms with Gasteiger partial charge in [0.05, 0.1) is 25.1 Å². The Balaban J connectivity index is 1.49. The van der Waals surface area contributed by atoms with Gasteiger partial charge in [0.25, 0.3) is 0 Å². The highest BCUT2D eigenvalue weighted by Gasteiger charge is 2.17. The first-order chi connectivity index (χ1) is 15.2. The minimum atomic E-state index is 0.413. The lowest BCUT2D eigenvalue weighted by molar-refractivity contribution is 0.355. The molecule has 5 nitrogen and oxygen atoms in total. The van der Waals surface area contributed by atoms with Crippen molar-refractivity contribution in [3.8, 4) is 23.0 Å². The number of thioether (sulfide) groups is 1. The molecule has 0 aliphatic carbocycles. The van der Waals surface area contributed by atoms with Crippen LogP contribution in [0.5, 0.6) is 23.0 Å². The molecule has 1 aromatic heterocycles. The second-order valence-corrected chi connectivity index (χ2v) is 8.48. The van der Waals surface area contributed by atoms with Crippen LogP contribution in [0.4, 0.5) is 5.69 Å². The maximum Gasteiger partial charge on any atom is 0.162 e. The van der Waals surface area contributed by atoms with E-state index in [2.05, 4.69) is 58.7 Å². The molecule has 0 saturated heterocycles. The Kier molecular flexibility index (Phi) is 5.08. The average Bonchev–Trinajstić information content (AvgIpc) is 3.23.